The molecule has 3 rings (SSSR count). The van der Waals surface area contributed by atoms with Gasteiger partial charge in [-0.3, -0.25) is 19.8 Å². The summed E-state index contributed by atoms with van der Waals surface area (Å²) in [5.74, 6) is -1.77. The van der Waals surface area contributed by atoms with E-state index < -0.39 is 17.8 Å². The van der Waals surface area contributed by atoms with Crippen molar-refractivity contribution in [3.8, 4) is 5.75 Å². The number of hydrogen-bond donors (Lipinski definition) is 2. The molecule has 29 heavy (non-hydrogen) atoms. The van der Waals surface area contributed by atoms with Crippen LogP contribution in [-0.2, 0) is 9.59 Å². The van der Waals surface area contributed by atoms with Crippen LogP contribution in [0.15, 0.2) is 52.5 Å². The van der Waals surface area contributed by atoms with Crippen LogP contribution in [0.1, 0.15) is 22.8 Å². The molecule has 0 unspecified atom stereocenters. The number of carboxylic acid groups (broad SMARTS) is 1. The van der Waals surface area contributed by atoms with Gasteiger partial charge in [-0.2, -0.15) is 0 Å². The molecule has 1 aliphatic rings. The third-order valence-corrected chi connectivity index (χ3v) is 4.92. The van der Waals surface area contributed by atoms with E-state index in [1.165, 1.54) is 24.3 Å². The minimum Gasteiger partial charge on any atom is -0.493 e. The Hall–Kier alpha value is -3.04. The van der Waals surface area contributed by atoms with E-state index in [1.54, 1.807) is 24.3 Å². The van der Waals surface area contributed by atoms with Crippen LogP contribution < -0.4 is 15.0 Å². The number of nitrogens with zero attached hydrogens (tertiary/aromatic N) is 1. The molecule has 1 saturated heterocycles. The molecule has 0 radical (unpaired) electrons. The third-order valence-electron chi connectivity index (χ3n) is 4.02. The number of hydrogen-bond acceptors (Lipinski definition) is 5. The summed E-state index contributed by atoms with van der Waals surface area (Å²) >= 11 is 8.53. The van der Waals surface area contributed by atoms with Crippen molar-refractivity contribution in [2.75, 3.05) is 11.5 Å². The highest BCUT2D eigenvalue weighted by molar-refractivity contribution is 9.10. The number of rotatable bonds is 5. The van der Waals surface area contributed by atoms with E-state index in [1.807, 2.05) is 6.92 Å². The number of thiocarbonyl (C=S) groups is 1. The quantitative estimate of drug-likeness (QED) is 0.391. The van der Waals surface area contributed by atoms with Gasteiger partial charge in [0.1, 0.15) is 11.3 Å². The Morgan fingerprint density at radius 1 is 1.28 bits per heavy atom. The Labute approximate surface area is 180 Å². The average molecular weight is 475 g/mol. The maximum Gasteiger partial charge on any atom is 0.335 e. The van der Waals surface area contributed by atoms with Gasteiger partial charge in [0.15, 0.2) is 5.11 Å². The second-order valence-corrected chi connectivity index (χ2v) is 7.18. The fourth-order valence-corrected chi connectivity index (χ4v) is 3.51. The lowest BCUT2D eigenvalue weighted by atomic mass is 10.1. The summed E-state index contributed by atoms with van der Waals surface area (Å²) in [5.41, 5.74) is 0.718. The van der Waals surface area contributed by atoms with Crippen molar-refractivity contribution in [2.45, 2.75) is 6.92 Å². The molecule has 2 aromatic carbocycles. The summed E-state index contributed by atoms with van der Waals surface area (Å²) in [5, 5.41) is 11.5. The molecule has 7 nitrogen and oxygen atoms in total. The molecular weight excluding hydrogens is 460 g/mol. The van der Waals surface area contributed by atoms with Crippen molar-refractivity contribution < 1.29 is 24.2 Å². The smallest absolute Gasteiger partial charge is 0.335 e. The molecule has 2 aromatic rings. The molecule has 1 aliphatic heterocycles. The van der Waals surface area contributed by atoms with Crippen LogP contribution in [-0.4, -0.2) is 34.6 Å². The maximum atomic E-state index is 13.0. The van der Waals surface area contributed by atoms with Gasteiger partial charge in [0.2, 0.25) is 0 Å². The van der Waals surface area contributed by atoms with Crippen LogP contribution in [0.4, 0.5) is 5.69 Å². The number of ether oxygens (including phenoxy) is 1. The van der Waals surface area contributed by atoms with E-state index >= 15 is 0 Å². The van der Waals surface area contributed by atoms with E-state index in [-0.39, 0.29) is 21.9 Å². The van der Waals surface area contributed by atoms with E-state index in [9.17, 15) is 19.5 Å². The molecule has 0 saturated carbocycles. The molecule has 0 aromatic heterocycles. The number of carbonyl (C=O) groups excluding carboxylic acids is 2. The summed E-state index contributed by atoms with van der Waals surface area (Å²) in [7, 11) is 0. The lowest BCUT2D eigenvalue weighted by Gasteiger charge is -2.29. The van der Waals surface area contributed by atoms with Crippen molar-refractivity contribution in [1.82, 2.24) is 5.32 Å². The van der Waals surface area contributed by atoms with Crippen molar-refractivity contribution in [3.63, 3.8) is 0 Å². The van der Waals surface area contributed by atoms with Crippen molar-refractivity contribution in [3.05, 3.63) is 63.6 Å². The molecule has 148 valence electrons. The molecule has 0 aliphatic carbocycles. The number of amides is 2. The molecule has 2 amide bonds. The van der Waals surface area contributed by atoms with Crippen LogP contribution in [0.3, 0.4) is 0 Å². The van der Waals surface area contributed by atoms with Gasteiger partial charge in [0.25, 0.3) is 11.8 Å². The Balaban J connectivity index is 1.99. The minimum absolute atomic E-state index is 0.00373. The first-order valence-electron chi connectivity index (χ1n) is 8.49. The summed E-state index contributed by atoms with van der Waals surface area (Å²) in [4.78, 5) is 37.7. The van der Waals surface area contributed by atoms with Crippen LogP contribution in [0.5, 0.6) is 5.75 Å². The molecule has 9 heteroatoms. The molecule has 0 bridgehead atoms. The van der Waals surface area contributed by atoms with Gasteiger partial charge in [0, 0.05) is 0 Å². The highest BCUT2D eigenvalue weighted by atomic mass is 79.9. The highest BCUT2D eigenvalue weighted by Gasteiger charge is 2.34. The summed E-state index contributed by atoms with van der Waals surface area (Å²) in [6.45, 7) is 2.37. The lowest BCUT2D eigenvalue weighted by molar-refractivity contribution is -0.122. The summed E-state index contributed by atoms with van der Waals surface area (Å²) in [6.07, 6.45) is 1.44. The third kappa shape index (κ3) is 4.36. The zero-order valence-electron chi connectivity index (χ0n) is 15.1. The lowest BCUT2D eigenvalue weighted by Crippen LogP contribution is -2.54. The Morgan fingerprint density at radius 2 is 2.03 bits per heavy atom. The number of carbonyl (C=O) groups is 3. The fraction of sp³-hybridized carbons (Fsp3) is 0.100. The van der Waals surface area contributed by atoms with Crippen molar-refractivity contribution in [2.24, 2.45) is 0 Å². The second-order valence-electron chi connectivity index (χ2n) is 5.94. The maximum absolute atomic E-state index is 13.0. The first-order valence-corrected chi connectivity index (χ1v) is 9.69. The fourth-order valence-electron chi connectivity index (χ4n) is 2.72. The molecule has 2 N–H and O–H groups in total. The monoisotopic (exact) mass is 474 g/mol. The topological polar surface area (TPSA) is 95.9 Å². The molecule has 0 atom stereocenters. The van der Waals surface area contributed by atoms with E-state index in [4.69, 9.17) is 17.0 Å². The summed E-state index contributed by atoms with van der Waals surface area (Å²) in [6, 6.07) is 10.9. The minimum atomic E-state index is -1.14. The van der Waals surface area contributed by atoms with Gasteiger partial charge in [-0.05, 0) is 77.0 Å². The average Bonchev–Trinajstić information content (AvgIpc) is 2.67. The van der Waals surface area contributed by atoms with Crippen LogP contribution >= 0.6 is 28.1 Å². The van der Waals surface area contributed by atoms with E-state index in [2.05, 4.69) is 21.2 Å². The Bertz CT molecular complexity index is 1070. The molecular formula is C20H15BrN2O5S. The van der Waals surface area contributed by atoms with Crippen molar-refractivity contribution in [1.29, 1.82) is 0 Å². The van der Waals surface area contributed by atoms with Crippen LogP contribution in [0.2, 0.25) is 0 Å². The number of anilines is 1. The van der Waals surface area contributed by atoms with E-state index in [0.29, 0.717) is 22.4 Å². The van der Waals surface area contributed by atoms with Gasteiger partial charge >= 0.3 is 5.97 Å². The Kier molecular flexibility index (Phi) is 6.09. The number of aromatic carboxylic acids is 1. The summed E-state index contributed by atoms with van der Waals surface area (Å²) < 4.78 is 6.14. The molecule has 1 heterocycles. The van der Waals surface area contributed by atoms with Crippen LogP contribution in [0.25, 0.3) is 6.08 Å². The predicted molar refractivity (Wildman–Crippen MR) is 115 cm³/mol. The van der Waals surface area contributed by atoms with Gasteiger partial charge < -0.3 is 9.84 Å². The standard InChI is InChI=1S/C20H15BrN2O5S/c1-2-28-16-7-6-11(9-15(16)21)8-14-17(24)22-20(29)23(18(14)25)13-5-3-4-12(10-13)19(26)27/h3-10H,2H2,1H3,(H,26,27)(H,22,24,29). The normalized spacial score (nSPS) is 15.4. The van der Waals surface area contributed by atoms with Crippen molar-refractivity contribution >= 4 is 62.8 Å². The first-order chi connectivity index (χ1) is 13.8. The predicted octanol–water partition coefficient (Wildman–Crippen LogP) is 3.38. The van der Waals surface area contributed by atoms with E-state index in [0.717, 1.165) is 4.90 Å². The molecule has 0 spiro atoms. The number of benzene rings is 2. The Morgan fingerprint density at radius 3 is 2.69 bits per heavy atom. The van der Waals surface area contributed by atoms with Gasteiger partial charge in [-0.1, -0.05) is 12.1 Å². The number of nitrogens with one attached hydrogen (secondary N) is 1. The van der Waals surface area contributed by atoms with Crippen LogP contribution in [0, 0.1) is 0 Å². The molecule has 1 fully saturated rings. The second kappa shape index (κ2) is 8.54. The SMILES string of the molecule is CCOc1ccc(C=C2C(=O)NC(=S)N(c3cccc(C(=O)O)c3)C2=O)cc1Br. The van der Waals surface area contributed by atoms with Gasteiger partial charge in [-0.25, -0.2) is 4.79 Å². The number of halogens is 1. The van der Waals surface area contributed by atoms with Gasteiger partial charge in [0.05, 0.1) is 22.3 Å². The van der Waals surface area contributed by atoms with Gasteiger partial charge in [-0.15, -0.1) is 0 Å². The largest absolute Gasteiger partial charge is 0.493 e. The number of carboxylic acids is 1. The zero-order chi connectivity index (χ0) is 21.1. The zero-order valence-corrected chi connectivity index (χ0v) is 17.5. The first kappa shape index (κ1) is 20.7. The highest BCUT2D eigenvalue weighted by Crippen LogP contribution is 2.28.